The molecule has 0 saturated heterocycles. The summed E-state index contributed by atoms with van der Waals surface area (Å²) < 4.78 is 0. The molecule has 0 aliphatic rings. The summed E-state index contributed by atoms with van der Waals surface area (Å²) in [6.07, 6.45) is 6.26. The van der Waals surface area contributed by atoms with Crippen LogP contribution in [0, 0.1) is 16.7 Å². The highest BCUT2D eigenvalue weighted by Crippen LogP contribution is 2.48. The number of amides is 2. The second kappa shape index (κ2) is 13.2. The minimum atomic E-state index is -1.47. The van der Waals surface area contributed by atoms with E-state index in [4.69, 9.17) is 11.6 Å². The Hall–Kier alpha value is -2.55. The molecule has 1 rings (SSSR count). The van der Waals surface area contributed by atoms with Crippen molar-refractivity contribution in [2.24, 2.45) is 28.3 Å². The quantitative estimate of drug-likeness (QED) is 0.0947. The third-order valence-electron chi connectivity index (χ3n) is 6.40. The predicted octanol–water partition coefficient (Wildman–Crippen LogP) is 3.10. The highest BCUT2D eigenvalue weighted by atomic mass is 16.5. The number of hydroxylamine groups is 1. The van der Waals surface area contributed by atoms with Crippen LogP contribution < -0.4 is 22.5 Å². The SMILES string of the molecule is CCCC(C[C@](C)(CCC)[C@H](C/C=C/c1ccccc1)C(=O)NO)(C(=O)NN)C(=O)[C@@H](C)N. The Kier molecular flexibility index (Phi) is 11.4. The molecule has 0 fully saturated rings. The molecular formula is C25H40N4O4. The van der Waals surface area contributed by atoms with Gasteiger partial charge in [0.15, 0.2) is 5.78 Å². The monoisotopic (exact) mass is 460 g/mol. The summed E-state index contributed by atoms with van der Waals surface area (Å²) in [5.41, 5.74) is 8.59. The topological polar surface area (TPSA) is 148 Å². The Bertz CT molecular complexity index is 812. The van der Waals surface area contributed by atoms with E-state index in [1.165, 1.54) is 0 Å². The molecule has 0 heterocycles. The van der Waals surface area contributed by atoms with Crippen LogP contribution in [0.25, 0.3) is 6.08 Å². The van der Waals surface area contributed by atoms with Gasteiger partial charge in [-0.15, -0.1) is 0 Å². The molecule has 1 aromatic carbocycles. The largest absolute Gasteiger partial charge is 0.322 e. The molecular weight excluding hydrogens is 420 g/mol. The molecule has 184 valence electrons. The first kappa shape index (κ1) is 28.5. The zero-order chi connectivity index (χ0) is 25.1. The average Bonchev–Trinajstić information content (AvgIpc) is 2.80. The molecule has 4 atom stereocenters. The number of hydrogen-bond donors (Lipinski definition) is 5. The number of ketones is 1. The van der Waals surface area contributed by atoms with Gasteiger partial charge in [0.25, 0.3) is 0 Å². The van der Waals surface area contributed by atoms with Crippen molar-refractivity contribution >= 4 is 23.7 Å². The normalized spacial score (nSPS) is 16.9. The van der Waals surface area contributed by atoms with Crippen molar-refractivity contribution in [1.82, 2.24) is 10.9 Å². The molecule has 7 N–H and O–H groups in total. The fraction of sp³-hybridized carbons (Fsp3) is 0.560. The first-order valence-corrected chi connectivity index (χ1v) is 11.6. The van der Waals surface area contributed by atoms with Crippen molar-refractivity contribution in [2.75, 3.05) is 0 Å². The molecule has 0 aliphatic carbocycles. The smallest absolute Gasteiger partial charge is 0.247 e. The first-order chi connectivity index (χ1) is 15.6. The number of nitrogens with one attached hydrogen (secondary N) is 2. The second-order valence-corrected chi connectivity index (χ2v) is 9.12. The third kappa shape index (κ3) is 7.22. The van der Waals surface area contributed by atoms with E-state index >= 15 is 0 Å². The van der Waals surface area contributed by atoms with Crippen molar-refractivity contribution in [2.45, 2.75) is 72.3 Å². The van der Waals surface area contributed by atoms with E-state index in [-0.39, 0.29) is 12.8 Å². The number of hydrazine groups is 1. The van der Waals surface area contributed by atoms with E-state index in [1.54, 1.807) is 12.4 Å². The number of hydrogen-bond acceptors (Lipinski definition) is 6. The van der Waals surface area contributed by atoms with Gasteiger partial charge < -0.3 is 5.73 Å². The van der Waals surface area contributed by atoms with Crippen LogP contribution in [0.15, 0.2) is 36.4 Å². The molecule has 2 amide bonds. The van der Waals surface area contributed by atoms with Crippen molar-refractivity contribution < 1.29 is 19.6 Å². The zero-order valence-electron chi connectivity index (χ0n) is 20.3. The Morgan fingerprint density at radius 3 is 2.21 bits per heavy atom. The van der Waals surface area contributed by atoms with Crippen molar-refractivity contribution in [3.8, 4) is 0 Å². The van der Waals surface area contributed by atoms with Crippen LogP contribution in [0.3, 0.4) is 0 Å². The summed E-state index contributed by atoms with van der Waals surface area (Å²) in [5, 5.41) is 9.50. The van der Waals surface area contributed by atoms with Gasteiger partial charge in [0.05, 0.1) is 6.04 Å². The second-order valence-electron chi connectivity index (χ2n) is 9.12. The number of Topliss-reactive ketones (excluding diaryl/α,β-unsaturated/α-hetero) is 1. The van der Waals surface area contributed by atoms with Gasteiger partial charge in [0.2, 0.25) is 11.8 Å². The van der Waals surface area contributed by atoms with Gasteiger partial charge in [-0.05, 0) is 43.6 Å². The minimum Gasteiger partial charge on any atom is -0.322 e. The van der Waals surface area contributed by atoms with E-state index in [2.05, 4.69) is 5.43 Å². The van der Waals surface area contributed by atoms with Crippen LogP contribution in [0.5, 0.6) is 0 Å². The number of allylic oxidation sites excluding steroid dienone is 1. The van der Waals surface area contributed by atoms with E-state index in [0.717, 1.165) is 5.56 Å². The van der Waals surface area contributed by atoms with E-state index in [1.807, 2.05) is 63.3 Å². The molecule has 0 spiro atoms. The molecule has 0 aromatic heterocycles. The van der Waals surface area contributed by atoms with Gasteiger partial charge >= 0.3 is 0 Å². The van der Waals surface area contributed by atoms with E-state index in [9.17, 15) is 19.6 Å². The van der Waals surface area contributed by atoms with Crippen LogP contribution in [0.1, 0.15) is 71.8 Å². The van der Waals surface area contributed by atoms with Crippen molar-refractivity contribution in [1.29, 1.82) is 0 Å². The summed E-state index contributed by atoms with van der Waals surface area (Å²) >= 11 is 0. The molecule has 8 heteroatoms. The zero-order valence-corrected chi connectivity index (χ0v) is 20.3. The number of carbonyl (C=O) groups excluding carboxylic acids is 3. The third-order valence-corrected chi connectivity index (χ3v) is 6.40. The summed E-state index contributed by atoms with van der Waals surface area (Å²) in [6.45, 7) is 7.29. The van der Waals surface area contributed by atoms with Gasteiger partial charge in [0.1, 0.15) is 5.41 Å². The summed E-state index contributed by atoms with van der Waals surface area (Å²) in [4.78, 5) is 39.2. The maximum Gasteiger partial charge on any atom is 0.247 e. The van der Waals surface area contributed by atoms with Crippen LogP contribution in [-0.2, 0) is 14.4 Å². The van der Waals surface area contributed by atoms with Crippen LogP contribution in [0.4, 0.5) is 0 Å². The number of nitrogens with two attached hydrogens (primary N) is 2. The van der Waals surface area contributed by atoms with E-state index < -0.39 is 40.4 Å². The Morgan fingerprint density at radius 2 is 1.73 bits per heavy atom. The maximum atomic E-state index is 13.3. The van der Waals surface area contributed by atoms with Gasteiger partial charge in [-0.25, -0.2) is 11.3 Å². The lowest BCUT2D eigenvalue weighted by molar-refractivity contribution is -0.150. The molecule has 0 aliphatic heterocycles. The first-order valence-electron chi connectivity index (χ1n) is 11.6. The molecule has 1 aromatic rings. The van der Waals surface area contributed by atoms with Gasteiger partial charge in [-0.1, -0.05) is 76.1 Å². The Labute approximate surface area is 197 Å². The lowest BCUT2D eigenvalue weighted by Crippen LogP contribution is -2.56. The fourth-order valence-electron chi connectivity index (χ4n) is 4.94. The lowest BCUT2D eigenvalue weighted by atomic mass is 9.59. The molecule has 33 heavy (non-hydrogen) atoms. The summed E-state index contributed by atoms with van der Waals surface area (Å²) in [7, 11) is 0. The summed E-state index contributed by atoms with van der Waals surface area (Å²) in [5.74, 6) is 3.25. The molecule has 0 saturated carbocycles. The number of carbonyl (C=O) groups is 3. The van der Waals surface area contributed by atoms with Gasteiger partial charge in [-0.2, -0.15) is 0 Å². The Morgan fingerprint density at radius 1 is 1.12 bits per heavy atom. The predicted molar refractivity (Wildman–Crippen MR) is 129 cm³/mol. The number of benzene rings is 1. The van der Waals surface area contributed by atoms with Crippen LogP contribution in [-0.4, -0.2) is 28.8 Å². The Balaban J connectivity index is 3.48. The maximum absolute atomic E-state index is 13.3. The van der Waals surface area contributed by atoms with Crippen LogP contribution in [0.2, 0.25) is 0 Å². The minimum absolute atomic E-state index is 0.0857. The highest BCUT2D eigenvalue weighted by molar-refractivity contribution is 6.08. The number of rotatable bonds is 14. The molecule has 0 radical (unpaired) electrons. The molecule has 8 nitrogen and oxygen atoms in total. The average molecular weight is 461 g/mol. The highest BCUT2D eigenvalue weighted by Gasteiger charge is 2.52. The van der Waals surface area contributed by atoms with Crippen molar-refractivity contribution in [3.63, 3.8) is 0 Å². The van der Waals surface area contributed by atoms with E-state index in [0.29, 0.717) is 25.7 Å². The summed E-state index contributed by atoms with van der Waals surface area (Å²) in [6, 6.07) is 8.78. The van der Waals surface area contributed by atoms with Gasteiger partial charge in [-0.3, -0.25) is 25.0 Å². The molecule has 1 unspecified atom stereocenters. The molecule has 0 bridgehead atoms. The standard InChI is InChI=1S/C25H40N4O4/c1-5-15-24(4,17-25(16-6-2,23(32)28-27)21(30)18(3)26)20(22(31)29-33)14-10-13-19-11-8-7-9-12-19/h7-13,18,20,33H,5-6,14-17,26-27H2,1-4H3,(H,28,32)(H,29,31)/b13-10+/t18-,20-,24+,25?/m1/s1. The fourth-order valence-corrected chi connectivity index (χ4v) is 4.94. The van der Waals surface area contributed by atoms with Gasteiger partial charge in [0, 0.05) is 5.92 Å². The van der Waals surface area contributed by atoms with Crippen LogP contribution >= 0.6 is 0 Å². The van der Waals surface area contributed by atoms with Crippen molar-refractivity contribution in [3.05, 3.63) is 42.0 Å². The lowest BCUT2D eigenvalue weighted by Gasteiger charge is -2.43.